The monoisotopic (exact) mass is 366 g/mol. The van der Waals surface area contributed by atoms with Gasteiger partial charge in [-0.25, -0.2) is 4.98 Å². The number of nitrogens with one attached hydrogen (secondary N) is 1. The largest absolute Gasteiger partial charge is 0.380 e. The third-order valence-electron chi connectivity index (χ3n) is 4.18. The molecule has 1 aliphatic heterocycles. The first-order valence-electron chi connectivity index (χ1n) is 8.37. The average molecular weight is 366 g/mol. The molecule has 10 heteroatoms. The number of aromatic nitrogens is 4. The summed E-state index contributed by atoms with van der Waals surface area (Å²) in [5.41, 5.74) is 0.942. The molecule has 10 nitrogen and oxygen atoms in total. The van der Waals surface area contributed by atoms with E-state index in [-0.39, 0.29) is 17.2 Å². The van der Waals surface area contributed by atoms with Gasteiger partial charge >= 0.3 is 0 Å². The zero-order valence-corrected chi connectivity index (χ0v) is 14.8. The Hall–Kier alpha value is -3.63. The molecule has 0 spiro atoms. The van der Waals surface area contributed by atoms with E-state index < -0.39 is 5.56 Å². The number of aliphatic imine (C=N–C) groups is 1. The van der Waals surface area contributed by atoms with Gasteiger partial charge in [0.05, 0.1) is 6.61 Å². The van der Waals surface area contributed by atoms with Crippen molar-refractivity contribution < 1.29 is 4.74 Å². The van der Waals surface area contributed by atoms with Gasteiger partial charge in [0, 0.05) is 43.9 Å². The summed E-state index contributed by atoms with van der Waals surface area (Å²) in [6, 6.07) is 1.91. The summed E-state index contributed by atoms with van der Waals surface area (Å²) in [6.07, 6.45) is 8.63. The van der Waals surface area contributed by atoms with Crippen LogP contribution in [0.1, 0.15) is 19.0 Å². The highest BCUT2D eigenvalue weighted by molar-refractivity contribution is 5.95. The van der Waals surface area contributed by atoms with Gasteiger partial charge in [0.25, 0.3) is 5.56 Å². The molecular formula is C17H18N8O2. The fourth-order valence-corrected chi connectivity index (χ4v) is 2.80. The van der Waals surface area contributed by atoms with Crippen molar-refractivity contribution in [3.63, 3.8) is 0 Å². The van der Waals surface area contributed by atoms with Gasteiger partial charge in [-0.2, -0.15) is 20.2 Å². The molecule has 0 unspecified atom stereocenters. The number of ether oxygens (including phenoxy) is 1. The first-order valence-corrected chi connectivity index (χ1v) is 8.37. The SMILES string of the molecule is C/C(=C\C(=NC#N)n1[nH]cc(-n2cnc(C#N)c2)c1=O)N1CCCOCC1. The van der Waals surface area contributed by atoms with Crippen LogP contribution in [0.4, 0.5) is 0 Å². The van der Waals surface area contributed by atoms with Gasteiger partial charge in [0.1, 0.15) is 18.1 Å². The molecule has 0 saturated carbocycles. The van der Waals surface area contributed by atoms with E-state index in [1.807, 2.05) is 13.0 Å². The Labute approximate surface area is 155 Å². The van der Waals surface area contributed by atoms with Gasteiger partial charge in [-0.1, -0.05) is 0 Å². The summed E-state index contributed by atoms with van der Waals surface area (Å²) < 4.78 is 8.08. The van der Waals surface area contributed by atoms with Crippen LogP contribution in [0.3, 0.4) is 0 Å². The van der Waals surface area contributed by atoms with Crippen LogP contribution in [0.5, 0.6) is 0 Å². The number of nitrogens with zero attached hydrogens (tertiary/aromatic N) is 7. The van der Waals surface area contributed by atoms with E-state index in [2.05, 4.69) is 20.0 Å². The Bertz CT molecular complexity index is 1000. The quantitative estimate of drug-likeness (QED) is 0.481. The second kappa shape index (κ2) is 8.17. The molecule has 0 atom stereocenters. The fourth-order valence-electron chi connectivity index (χ4n) is 2.80. The Balaban J connectivity index is 1.93. The molecule has 1 fully saturated rings. The second-order valence-electron chi connectivity index (χ2n) is 5.89. The average Bonchev–Trinajstić information content (AvgIpc) is 3.18. The van der Waals surface area contributed by atoms with Crippen LogP contribution in [0.25, 0.3) is 5.69 Å². The van der Waals surface area contributed by atoms with Gasteiger partial charge in [-0.3, -0.25) is 14.5 Å². The van der Waals surface area contributed by atoms with E-state index >= 15 is 0 Å². The molecule has 0 bridgehead atoms. The molecule has 2 aromatic heterocycles. The third kappa shape index (κ3) is 3.97. The van der Waals surface area contributed by atoms with Crippen molar-refractivity contribution in [1.82, 2.24) is 24.2 Å². The van der Waals surface area contributed by atoms with Gasteiger partial charge < -0.3 is 9.64 Å². The topological polar surface area (TPSA) is 128 Å². The van der Waals surface area contributed by atoms with Gasteiger partial charge in [-0.05, 0) is 13.3 Å². The number of allylic oxidation sites excluding steroid dienone is 2. The zero-order chi connectivity index (χ0) is 19.2. The van der Waals surface area contributed by atoms with Crippen molar-refractivity contribution >= 4 is 5.84 Å². The normalized spacial score (nSPS) is 15.9. The van der Waals surface area contributed by atoms with E-state index in [0.29, 0.717) is 6.61 Å². The number of hydrogen-bond donors (Lipinski definition) is 1. The van der Waals surface area contributed by atoms with Crippen LogP contribution < -0.4 is 5.56 Å². The second-order valence-corrected chi connectivity index (χ2v) is 5.89. The molecule has 1 saturated heterocycles. The minimum Gasteiger partial charge on any atom is -0.380 e. The molecule has 138 valence electrons. The van der Waals surface area contributed by atoms with Crippen molar-refractivity contribution in [3.8, 4) is 17.9 Å². The molecular weight excluding hydrogens is 348 g/mol. The van der Waals surface area contributed by atoms with Gasteiger partial charge in [-0.15, -0.1) is 0 Å². The predicted octanol–water partition coefficient (Wildman–Crippen LogP) is 0.588. The van der Waals surface area contributed by atoms with Crippen molar-refractivity contribution in [2.45, 2.75) is 13.3 Å². The highest BCUT2D eigenvalue weighted by Gasteiger charge is 2.15. The molecule has 0 radical (unpaired) electrons. The Morgan fingerprint density at radius 1 is 1.41 bits per heavy atom. The Morgan fingerprint density at radius 3 is 3.00 bits per heavy atom. The molecule has 0 aromatic carbocycles. The Kier molecular flexibility index (Phi) is 5.50. The van der Waals surface area contributed by atoms with Crippen molar-refractivity contribution in [3.05, 3.63) is 46.5 Å². The van der Waals surface area contributed by atoms with Crippen molar-refractivity contribution in [2.24, 2.45) is 4.99 Å². The van der Waals surface area contributed by atoms with E-state index in [1.54, 1.807) is 12.3 Å². The van der Waals surface area contributed by atoms with Gasteiger partial charge in [0.2, 0.25) is 6.19 Å². The van der Waals surface area contributed by atoms with Crippen LogP contribution >= 0.6 is 0 Å². The zero-order valence-electron chi connectivity index (χ0n) is 14.8. The third-order valence-corrected chi connectivity index (χ3v) is 4.18. The lowest BCUT2D eigenvalue weighted by Gasteiger charge is -2.22. The standard InChI is InChI=1S/C17H18N8O2/c1-13(23-3-2-5-27-6-4-23)7-16(20-11-19)25-17(26)15(9-22-25)24-10-14(8-18)21-12-24/h7,9-10,12,22H,2-6H2,1H3/b13-7+,20-16?. The summed E-state index contributed by atoms with van der Waals surface area (Å²) in [5.74, 6) is 0.178. The van der Waals surface area contributed by atoms with Crippen LogP contribution in [0, 0.1) is 22.8 Å². The maximum Gasteiger partial charge on any atom is 0.296 e. The maximum absolute atomic E-state index is 12.7. The van der Waals surface area contributed by atoms with Gasteiger partial charge in [0.15, 0.2) is 11.5 Å². The van der Waals surface area contributed by atoms with Crippen molar-refractivity contribution in [1.29, 1.82) is 10.5 Å². The summed E-state index contributed by atoms with van der Waals surface area (Å²) in [5, 5.41) is 20.7. The van der Waals surface area contributed by atoms with Crippen LogP contribution in [-0.2, 0) is 4.74 Å². The summed E-state index contributed by atoms with van der Waals surface area (Å²) in [7, 11) is 0. The predicted molar refractivity (Wildman–Crippen MR) is 96.1 cm³/mol. The van der Waals surface area contributed by atoms with Crippen LogP contribution in [0.2, 0.25) is 0 Å². The summed E-state index contributed by atoms with van der Waals surface area (Å²) in [6.45, 7) is 4.82. The van der Waals surface area contributed by atoms with E-state index in [1.165, 1.54) is 28.0 Å². The fraction of sp³-hybridized carbons (Fsp3) is 0.353. The molecule has 3 heterocycles. The lowest BCUT2D eigenvalue weighted by Crippen LogP contribution is -2.29. The maximum atomic E-state index is 12.7. The number of aromatic amines is 1. The minimum atomic E-state index is -0.408. The molecule has 2 aromatic rings. The molecule has 3 rings (SSSR count). The number of hydrogen-bond acceptors (Lipinski definition) is 7. The first kappa shape index (κ1) is 18.2. The summed E-state index contributed by atoms with van der Waals surface area (Å²) >= 11 is 0. The molecule has 0 amide bonds. The lowest BCUT2D eigenvalue weighted by atomic mass is 10.3. The van der Waals surface area contributed by atoms with E-state index in [0.717, 1.165) is 31.8 Å². The number of imidazole rings is 1. The number of H-pyrrole nitrogens is 1. The number of rotatable bonds is 3. The first-order chi connectivity index (χ1) is 13.1. The smallest absolute Gasteiger partial charge is 0.296 e. The van der Waals surface area contributed by atoms with Crippen molar-refractivity contribution in [2.75, 3.05) is 26.3 Å². The lowest BCUT2D eigenvalue weighted by molar-refractivity contribution is 0.145. The highest BCUT2D eigenvalue weighted by Crippen LogP contribution is 2.09. The van der Waals surface area contributed by atoms with Crippen LogP contribution in [0.15, 0.2) is 40.3 Å². The van der Waals surface area contributed by atoms with Crippen LogP contribution in [-0.4, -0.2) is 56.4 Å². The Morgan fingerprint density at radius 2 is 2.26 bits per heavy atom. The number of nitriles is 2. The van der Waals surface area contributed by atoms with E-state index in [4.69, 9.17) is 15.3 Å². The minimum absolute atomic E-state index is 0.178. The highest BCUT2D eigenvalue weighted by atomic mass is 16.5. The summed E-state index contributed by atoms with van der Waals surface area (Å²) in [4.78, 5) is 22.5. The van der Waals surface area contributed by atoms with E-state index in [9.17, 15) is 4.79 Å². The molecule has 1 N–H and O–H groups in total. The molecule has 0 aliphatic carbocycles. The molecule has 27 heavy (non-hydrogen) atoms. The molecule has 1 aliphatic rings.